The van der Waals surface area contributed by atoms with Gasteiger partial charge in [0.2, 0.25) is 0 Å². The molecule has 4 rings (SSSR count). The molecule has 1 aromatic rings. The zero-order valence-corrected chi connectivity index (χ0v) is 12.8. The van der Waals surface area contributed by atoms with Crippen LogP contribution in [0, 0.1) is 5.92 Å². The molecular weight excluding hydrogens is 292 g/mol. The van der Waals surface area contributed by atoms with Gasteiger partial charge in [-0.3, -0.25) is 14.4 Å². The first-order chi connectivity index (χ1) is 11.0. The van der Waals surface area contributed by atoms with Gasteiger partial charge in [0.15, 0.2) is 17.3 Å². The average molecular weight is 308 g/mol. The molecule has 0 saturated carbocycles. The molecule has 1 unspecified atom stereocenters. The lowest BCUT2D eigenvalue weighted by molar-refractivity contribution is -0.116. The van der Waals surface area contributed by atoms with Crippen LogP contribution in [0.15, 0.2) is 40.5 Å². The van der Waals surface area contributed by atoms with Crippen molar-refractivity contribution in [3.8, 4) is 5.75 Å². The Balaban J connectivity index is 1.96. The maximum Gasteiger partial charge on any atom is 0.195 e. The number of Topliss-reactive ketones (excluding diaryl/α,β-unsaturated/α-hetero) is 3. The van der Waals surface area contributed by atoms with Gasteiger partial charge in [0.1, 0.15) is 5.75 Å². The summed E-state index contributed by atoms with van der Waals surface area (Å²) in [5, 5.41) is 9.98. The summed E-state index contributed by atoms with van der Waals surface area (Å²) in [4.78, 5) is 38.2. The molecule has 1 N–H and O–H groups in total. The van der Waals surface area contributed by atoms with E-state index in [1.54, 1.807) is 12.1 Å². The fraction of sp³-hybridized carbons (Fsp3) is 0.316. The number of hydrogen-bond acceptors (Lipinski definition) is 4. The molecular formula is C19H16O4. The molecule has 116 valence electrons. The molecule has 0 amide bonds. The highest BCUT2D eigenvalue weighted by Crippen LogP contribution is 2.44. The first kappa shape index (κ1) is 14.1. The highest BCUT2D eigenvalue weighted by molar-refractivity contribution is 6.32. The van der Waals surface area contributed by atoms with E-state index in [-0.39, 0.29) is 40.1 Å². The first-order valence-corrected chi connectivity index (χ1v) is 7.89. The van der Waals surface area contributed by atoms with Crippen LogP contribution in [-0.2, 0) is 4.79 Å². The van der Waals surface area contributed by atoms with Crippen molar-refractivity contribution in [3.05, 3.63) is 51.6 Å². The van der Waals surface area contributed by atoms with Crippen LogP contribution in [0.25, 0.3) is 0 Å². The van der Waals surface area contributed by atoms with Gasteiger partial charge in [-0.15, -0.1) is 0 Å². The number of allylic oxidation sites excluding steroid dienone is 4. The molecule has 1 aromatic carbocycles. The average Bonchev–Trinajstić information content (AvgIpc) is 2.51. The predicted molar refractivity (Wildman–Crippen MR) is 83.5 cm³/mol. The van der Waals surface area contributed by atoms with E-state index < -0.39 is 0 Å². The molecule has 0 aromatic heterocycles. The Labute approximate surface area is 133 Å². The maximum absolute atomic E-state index is 12.9. The molecule has 0 heterocycles. The number of carbonyl (C=O) groups excluding carboxylic acids is 3. The second kappa shape index (κ2) is 4.75. The van der Waals surface area contributed by atoms with Gasteiger partial charge in [-0.2, -0.15) is 0 Å². The fourth-order valence-corrected chi connectivity index (χ4v) is 4.04. The molecule has 4 nitrogen and oxygen atoms in total. The monoisotopic (exact) mass is 308 g/mol. The van der Waals surface area contributed by atoms with E-state index in [0.717, 1.165) is 12.0 Å². The molecule has 0 spiro atoms. The van der Waals surface area contributed by atoms with Crippen molar-refractivity contribution in [2.24, 2.45) is 5.92 Å². The van der Waals surface area contributed by atoms with E-state index in [1.165, 1.54) is 6.07 Å². The second-order valence-electron chi connectivity index (χ2n) is 6.63. The van der Waals surface area contributed by atoms with Crippen molar-refractivity contribution in [1.29, 1.82) is 0 Å². The predicted octanol–water partition coefficient (Wildman–Crippen LogP) is 3.16. The fourth-order valence-electron chi connectivity index (χ4n) is 4.04. The third-order valence-electron chi connectivity index (χ3n) is 5.00. The Bertz CT molecular complexity index is 854. The number of ketones is 3. The van der Waals surface area contributed by atoms with Crippen LogP contribution < -0.4 is 0 Å². The Morgan fingerprint density at radius 3 is 2.57 bits per heavy atom. The van der Waals surface area contributed by atoms with Gasteiger partial charge in [-0.25, -0.2) is 0 Å². The number of benzene rings is 1. The van der Waals surface area contributed by atoms with Crippen molar-refractivity contribution < 1.29 is 19.5 Å². The van der Waals surface area contributed by atoms with Gasteiger partial charge >= 0.3 is 0 Å². The smallest absolute Gasteiger partial charge is 0.195 e. The highest BCUT2D eigenvalue weighted by Gasteiger charge is 2.41. The van der Waals surface area contributed by atoms with E-state index in [9.17, 15) is 19.5 Å². The molecule has 0 fully saturated rings. The van der Waals surface area contributed by atoms with Crippen molar-refractivity contribution in [3.63, 3.8) is 0 Å². The topological polar surface area (TPSA) is 71.4 Å². The number of aromatic hydroxyl groups is 1. The van der Waals surface area contributed by atoms with Gasteiger partial charge in [-0.1, -0.05) is 24.6 Å². The molecule has 3 aliphatic carbocycles. The lowest BCUT2D eigenvalue weighted by Crippen LogP contribution is -2.31. The zero-order chi connectivity index (χ0) is 16.3. The Morgan fingerprint density at radius 2 is 1.78 bits per heavy atom. The molecule has 0 aliphatic heterocycles. The van der Waals surface area contributed by atoms with Gasteiger partial charge in [-0.05, 0) is 31.2 Å². The van der Waals surface area contributed by atoms with Crippen molar-refractivity contribution >= 4 is 17.3 Å². The molecule has 0 radical (unpaired) electrons. The van der Waals surface area contributed by atoms with Gasteiger partial charge in [0.25, 0.3) is 0 Å². The number of phenolic OH excluding ortho intramolecular Hbond substituents is 1. The third kappa shape index (κ3) is 1.87. The van der Waals surface area contributed by atoms with E-state index in [4.69, 9.17) is 0 Å². The summed E-state index contributed by atoms with van der Waals surface area (Å²) in [5.41, 5.74) is 2.47. The Morgan fingerprint density at radius 1 is 1.00 bits per heavy atom. The SMILES string of the molecule is CC1CC(=O)C2=C(CCC3=C2C(=O)c2cccc(O)c2C3=O)C1. The lowest BCUT2D eigenvalue weighted by Gasteiger charge is -2.32. The number of rotatable bonds is 0. The highest BCUT2D eigenvalue weighted by atomic mass is 16.3. The largest absolute Gasteiger partial charge is 0.507 e. The Hall–Kier alpha value is -2.49. The first-order valence-electron chi connectivity index (χ1n) is 7.89. The number of phenols is 1. The standard InChI is InChI=1S/C19H16O4/c1-9-7-10-5-6-12-17(15(10)14(21)8-9)19(23)11-3-2-4-13(20)16(11)18(12)22/h2-4,9,20H,5-8H2,1H3. The van der Waals surface area contributed by atoms with Crippen molar-refractivity contribution in [2.45, 2.75) is 32.6 Å². The summed E-state index contributed by atoms with van der Waals surface area (Å²) in [6, 6.07) is 4.51. The van der Waals surface area contributed by atoms with Crippen molar-refractivity contribution in [2.75, 3.05) is 0 Å². The van der Waals surface area contributed by atoms with E-state index >= 15 is 0 Å². The second-order valence-corrected chi connectivity index (χ2v) is 6.63. The van der Waals surface area contributed by atoms with Crippen LogP contribution in [0.5, 0.6) is 5.75 Å². The summed E-state index contributed by atoms with van der Waals surface area (Å²) in [6.07, 6.45) is 2.34. The summed E-state index contributed by atoms with van der Waals surface area (Å²) in [7, 11) is 0. The summed E-state index contributed by atoms with van der Waals surface area (Å²) in [5.74, 6) is -0.535. The van der Waals surface area contributed by atoms with Gasteiger partial charge < -0.3 is 5.11 Å². The van der Waals surface area contributed by atoms with Crippen molar-refractivity contribution in [1.82, 2.24) is 0 Å². The van der Waals surface area contributed by atoms with Gasteiger partial charge in [0, 0.05) is 28.7 Å². The number of carbonyl (C=O) groups is 3. The third-order valence-corrected chi connectivity index (χ3v) is 5.00. The van der Waals surface area contributed by atoms with Crippen LogP contribution >= 0.6 is 0 Å². The summed E-state index contributed by atoms with van der Waals surface area (Å²) in [6.45, 7) is 2.03. The molecule has 3 aliphatic rings. The quantitative estimate of drug-likeness (QED) is 0.799. The van der Waals surface area contributed by atoms with E-state index in [0.29, 0.717) is 36.0 Å². The minimum atomic E-state index is -0.314. The minimum absolute atomic E-state index is 0.0318. The molecule has 0 saturated heterocycles. The number of fused-ring (bicyclic) bond motifs is 2. The maximum atomic E-state index is 12.9. The zero-order valence-electron chi connectivity index (χ0n) is 12.8. The molecule has 4 heteroatoms. The van der Waals surface area contributed by atoms with E-state index in [2.05, 4.69) is 0 Å². The molecule has 23 heavy (non-hydrogen) atoms. The van der Waals surface area contributed by atoms with E-state index in [1.807, 2.05) is 6.92 Å². The molecule has 1 atom stereocenters. The van der Waals surface area contributed by atoms with Crippen LogP contribution in [0.4, 0.5) is 0 Å². The lowest BCUT2D eigenvalue weighted by atomic mass is 9.69. The Kier molecular flexibility index (Phi) is 2.92. The van der Waals surface area contributed by atoms with Crippen LogP contribution in [0.3, 0.4) is 0 Å². The normalized spacial score (nSPS) is 23.7. The minimum Gasteiger partial charge on any atom is -0.507 e. The summed E-state index contributed by atoms with van der Waals surface area (Å²) < 4.78 is 0. The van der Waals surface area contributed by atoms with Gasteiger partial charge in [0.05, 0.1) is 5.56 Å². The molecule has 0 bridgehead atoms. The van der Waals surface area contributed by atoms with Crippen LogP contribution in [0.1, 0.15) is 53.3 Å². The summed E-state index contributed by atoms with van der Waals surface area (Å²) >= 11 is 0. The number of hydrogen-bond donors (Lipinski definition) is 1. The van der Waals surface area contributed by atoms with Crippen LogP contribution in [0.2, 0.25) is 0 Å². The van der Waals surface area contributed by atoms with Crippen LogP contribution in [-0.4, -0.2) is 22.5 Å².